The van der Waals surface area contributed by atoms with Crippen molar-refractivity contribution in [2.75, 3.05) is 13.2 Å². The number of carbonyl (C=O) groups excluding carboxylic acids is 1. The van der Waals surface area contributed by atoms with Gasteiger partial charge in [0.25, 0.3) is 0 Å². The van der Waals surface area contributed by atoms with E-state index in [0.717, 1.165) is 38.5 Å². The molecule has 0 aliphatic rings. The van der Waals surface area contributed by atoms with Gasteiger partial charge in [-0.15, -0.1) is 0 Å². The van der Waals surface area contributed by atoms with E-state index in [0.29, 0.717) is 12.8 Å². The van der Waals surface area contributed by atoms with Crippen LogP contribution >= 0.6 is 0 Å². The molecule has 0 saturated carbocycles. The van der Waals surface area contributed by atoms with E-state index in [2.05, 4.69) is 67.7 Å². The fourth-order valence-corrected chi connectivity index (χ4v) is 2.07. The first kappa shape index (κ1) is 49.5. The molecule has 0 atom stereocenters. The Kier molecular flexibility index (Phi) is 67.4. The van der Waals surface area contributed by atoms with Crippen molar-refractivity contribution in [3.8, 4) is 0 Å². The number of halogens is 3. The Morgan fingerprint density at radius 2 is 1.00 bits per heavy atom. The van der Waals surface area contributed by atoms with Gasteiger partial charge in [-0.3, -0.25) is 4.79 Å². The van der Waals surface area contributed by atoms with Crippen LogP contribution in [-0.4, -0.2) is 24.3 Å². The molecule has 0 aromatic carbocycles. The number of ether oxygens (including phenoxy) is 1. The first-order valence-electron chi connectivity index (χ1n) is 9.97. The van der Waals surface area contributed by atoms with Crippen molar-refractivity contribution in [1.82, 2.24) is 12.3 Å². The summed E-state index contributed by atoms with van der Waals surface area (Å²) >= 11 is 0. The van der Waals surface area contributed by atoms with Crippen LogP contribution in [-0.2, 0) is 30.6 Å². The summed E-state index contributed by atoms with van der Waals surface area (Å²) in [7, 11) is 0. The zero-order chi connectivity index (χ0) is 19.8. The fourth-order valence-electron chi connectivity index (χ4n) is 2.07. The van der Waals surface area contributed by atoms with Gasteiger partial charge in [0, 0.05) is 6.42 Å². The minimum atomic E-state index is -0.261. The Labute approximate surface area is 234 Å². The van der Waals surface area contributed by atoms with Crippen LogP contribution in [0.25, 0.3) is 0 Å². The van der Waals surface area contributed by atoms with Crippen molar-refractivity contribution in [2.24, 2.45) is 0 Å². The molecular formula is C24H42Cl3N2O3Pt-. The number of allylic oxidation sites excluding steroid dienone is 12. The average Bonchev–Trinajstić information content (AvgIpc) is 2.68. The summed E-state index contributed by atoms with van der Waals surface area (Å²) in [6.45, 7) is 2.11. The number of hydrogen-bond donors (Lipinski definition) is 3. The van der Waals surface area contributed by atoms with Gasteiger partial charge in [-0.05, 0) is 44.9 Å². The third kappa shape index (κ3) is 45.5. The Morgan fingerprint density at radius 1 is 0.667 bits per heavy atom. The van der Waals surface area contributed by atoms with E-state index in [1.54, 1.807) is 0 Å². The minimum Gasteiger partial charge on any atom is -1.00 e. The molecule has 0 aliphatic heterocycles. The molecule has 7 N–H and O–H groups in total. The SMILES string of the molecule is CC/C=C\C/C=C\C/C=C\C/C=C\C/C=C\C/C=C\CCC(=O)OCCO.N.N.[Cl-].[Cl-].[Cl-].[Pt+2]. The maximum atomic E-state index is 11.2. The number of hydrogen-bond acceptors (Lipinski definition) is 5. The van der Waals surface area contributed by atoms with E-state index in [1.165, 1.54) is 0 Å². The van der Waals surface area contributed by atoms with E-state index in [1.807, 2.05) is 12.2 Å². The fraction of sp³-hybridized carbons (Fsp3) is 0.458. The first-order chi connectivity index (χ1) is 13.3. The second kappa shape index (κ2) is 44.9. The molecule has 33 heavy (non-hydrogen) atoms. The monoisotopic (exact) mass is 706 g/mol. The summed E-state index contributed by atoms with van der Waals surface area (Å²) in [6, 6.07) is 0. The molecule has 0 aromatic rings. The smallest absolute Gasteiger partial charge is 1.00 e. The van der Waals surface area contributed by atoms with Gasteiger partial charge in [-0.2, -0.15) is 0 Å². The van der Waals surface area contributed by atoms with E-state index < -0.39 is 0 Å². The van der Waals surface area contributed by atoms with Gasteiger partial charge in [0.1, 0.15) is 6.61 Å². The molecule has 0 spiro atoms. The molecule has 9 heteroatoms. The van der Waals surface area contributed by atoms with Crippen LogP contribution in [0.15, 0.2) is 72.9 Å². The van der Waals surface area contributed by atoms with Crippen LogP contribution in [0.3, 0.4) is 0 Å². The summed E-state index contributed by atoms with van der Waals surface area (Å²) in [5.41, 5.74) is 0. The first-order valence-corrected chi connectivity index (χ1v) is 9.97. The van der Waals surface area contributed by atoms with Crippen molar-refractivity contribution in [2.45, 2.75) is 58.3 Å². The topological polar surface area (TPSA) is 117 Å². The summed E-state index contributed by atoms with van der Waals surface area (Å²) in [5, 5.41) is 8.54. The second-order valence-corrected chi connectivity index (χ2v) is 5.90. The standard InChI is InChI=1S/C24H36O3.3ClH.2H3N.Pt/c1-2-3-4-5-6-7-8-9-10-11-12-13-14-15-16-17-18-19-20-21-24(26)27-23-22-25;;;;;;/h3-4,6-7,9-10,12-13,15-16,18-19,25H,2,5,8,11,14,17,20-23H2,1H3;3*1H;2*1H3;/q;;;;;;+2/p-3/b4-3-,7-6-,10-9-,13-12-,16-15-,19-18-;;;;;;. The molecule has 0 bridgehead atoms. The van der Waals surface area contributed by atoms with Crippen molar-refractivity contribution in [3.63, 3.8) is 0 Å². The van der Waals surface area contributed by atoms with Gasteiger partial charge in [0.2, 0.25) is 0 Å². The predicted molar refractivity (Wildman–Crippen MR) is 126 cm³/mol. The predicted octanol–water partition coefficient (Wildman–Crippen LogP) is -2.67. The Morgan fingerprint density at radius 3 is 1.33 bits per heavy atom. The van der Waals surface area contributed by atoms with Crippen LogP contribution < -0.4 is 49.5 Å². The molecule has 0 rings (SSSR count). The van der Waals surface area contributed by atoms with E-state index >= 15 is 0 Å². The van der Waals surface area contributed by atoms with Gasteiger partial charge in [0.05, 0.1) is 6.61 Å². The molecule has 5 nitrogen and oxygen atoms in total. The van der Waals surface area contributed by atoms with Crippen LogP contribution in [0.5, 0.6) is 0 Å². The molecule has 0 amide bonds. The minimum absolute atomic E-state index is 0. The average molecular weight is 708 g/mol. The zero-order valence-electron chi connectivity index (χ0n) is 19.6. The maximum Gasteiger partial charge on any atom is 2.00 e. The van der Waals surface area contributed by atoms with Crippen molar-refractivity contribution < 1.29 is 72.9 Å². The molecular weight excluding hydrogens is 666 g/mol. The molecule has 0 heterocycles. The van der Waals surface area contributed by atoms with Crippen molar-refractivity contribution in [1.29, 1.82) is 0 Å². The van der Waals surface area contributed by atoms with Gasteiger partial charge in [0.15, 0.2) is 0 Å². The number of aliphatic hydroxyl groups is 1. The van der Waals surface area contributed by atoms with Crippen LogP contribution in [0.1, 0.15) is 58.3 Å². The molecule has 198 valence electrons. The third-order valence-electron chi connectivity index (χ3n) is 3.47. The van der Waals surface area contributed by atoms with Crippen LogP contribution in [0.2, 0.25) is 0 Å². The Bertz CT molecular complexity index is 539. The zero-order valence-corrected chi connectivity index (χ0v) is 24.2. The normalized spacial score (nSPS) is 10.5. The third-order valence-corrected chi connectivity index (χ3v) is 3.47. The molecule has 0 unspecified atom stereocenters. The summed E-state index contributed by atoms with van der Waals surface area (Å²) < 4.78 is 4.77. The largest absolute Gasteiger partial charge is 2.00 e. The van der Waals surface area contributed by atoms with Crippen LogP contribution in [0.4, 0.5) is 0 Å². The molecule has 0 radical (unpaired) electrons. The molecule has 0 aromatic heterocycles. The number of carbonyl (C=O) groups is 1. The van der Waals surface area contributed by atoms with Gasteiger partial charge < -0.3 is 59.4 Å². The van der Waals surface area contributed by atoms with E-state index in [9.17, 15) is 4.79 Å². The van der Waals surface area contributed by atoms with Gasteiger partial charge >= 0.3 is 27.0 Å². The van der Waals surface area contributed by atoms with E-state index in [4.69, 9.17) is 9.84 Å². The summed E-state index contributed by atoms with van der Waals surface area (Å²) in [6.07, 6.45) is 32.8. The number of esters is 1. The maximum absolute atomic E-state index is 11.2. The second-order valence-electron chi connectivity index (χ2n) is 5.90. The van der Waals surface area contributed by atoms with Gasteiger partial charge in [-0.1, -0.05) is 79.8 Å². The van der Waals surface area contributed by atoms with E-state index in [-0.39, 0.29) is 89.8 Å². The molecule has 0 saturated heterocycles. The summed E-state index contributed by atoms with van der Waals surface area (Å²) in [5.74, 6) is -0.261. The van der Waals surface area contributed by atoms with Gasteiger partial charge in [-0.25, -0.2) is 0 Å². The van der Waals surface area contributed by atoms with Crippen LogP contribution in [0, 0.1) is 0 Å². The van der Waals surface area contributed by atoms with Crippen molar-refractivity contribution in [3.05, 3.63) is 72.9 Å². The summed E-state index contributed by atoms with van der Waals surface area (Å²) in [4.78, 5) is 11.2. The Hall–Kier alpha value is -0.652. The van der Waals surface area contributed by atoms with Crippen molar-refractivity contribution >= 4 is 5.97 Å². The number of aliphatic hydroxyl groups excluding tert-OH is 1. The molecule has 0 fully saturated rings. The number of rotatable bonds is 16. The molecule has 0 aliphatic carbocycles. The quantitative estimate of drug-likeness (QED) is 0.120. The Balaban J connectivity index is -0.000000225.